The van der Waals surface area contributed by atoms with E-state index < -0.39 is 0 Å². The Morgan fingerprint density at radius 3 is 2.35 bits per heavy atom. The second kappa shape index (κ2) is 4.54. The van der Waals surface area contributed by atoms with Crippen molar-refractivity contribution < 1.29 is 0 Å². The summed E-state index contributed by atoms with van der Waals surface area (Å²) in [7, 11) is 0. The molecule has 17 heavy (non-hydrogen) atoms. The Hall–Kier alpha value is -1.27. The summed E-state index contributed by atoms with van der Waals surface area (Å²) in [6, 6.07) is 17.1. The maximum absolute atomic E-state index is 5.93. The Kier molecular flexibility index (Phi) is 2.90. The predicted molar refractivity (Wildman–Crippen MR) is 72.7 cm³/mol. The minimum absolute atomic E-state index is 0.655. The minimum Gasteiger partial charge on any atom is -0.0843 e. The van der Waals surface area contributed by atoms with Crippen molar-refractivity contribution in [2.45, 2.75) is 25.2 Å². The van der Waals surface area contributed by atoms with Crippen molar-refractivity contribution in [3.8, 4) is 0 Å². The van der Waals surface area contributed by atoms with E-state index in [0.29, 0.717) is 5.92 Å². The third-order valence-corrected chi connectivity index (χ3v) is 3.94. The van der Waals surface area contributed by atoms with E-state index in [1.807, 2.05) is 12.1 Å². The van der Waals surface area contributed by atoms with Crippen molar-refractivity contribution in [2.75, 3.05) is 0 Å². The fraction of sp³-hybridized carbons (Fsp3) is 0.250. The van der Waals surface area contributed by atoms with E-state index in [2.05, 4.69) is 36.4 Å². The van der Waals surface area contributed by atoms with Crippen molar-refractivity contribution in [3.63, 3.8) is 0 Å². The molecule has 86 valence electrons. The number of fused-ring (bicyclic) bond motifs is 1. The van der Waals surface area contributed by atoms with E-state index in [4.69, 9.17) is 11.6 Å². The molecule has 0 saturated heterocycles. The van der Waals surface area contributed by atoms with Crippen LogP contribution < -0.4 is 0 Å². The van der Waals surface area contributed by atoms with Gasteiger partial charge < -0.3 is 0 Å². The summed E-state index contributed by atoms with van der Waals surface area (Å²) in [5.74, 6) is 0.655. The first-order chi connectivity index (χ1) is 8.33. The van der Waals surface area contributed by atoms with Crippen LogP contribution in [-0.4, -0.2) is 0 Å². The maximum Gasteiger partial charge on any atom is 0.0406 e. The molecule has 3 rings (SSSR count). The number of hydrogen-bond acceptors (Lipinski definition) is 0. The molecule has 0 aliphatic heterocycles. The molecule has 1 aliphatic rings. The molecular formula is C16H15Cl. The summed E-state index contributed by atoms with van der Waals surface area (Å²) in [4.78, 5) is 0. The Labute approximate surface area is 107 Å². The van der Waals surface area contributed by atoms with Gasteiger partial charge in [0.15, 0.2) is 0 Å². The third kappa shape index (κ3) is 2.23. The lowest BCUT2D eigenvalue weighted by atomic mass is 9.80. The van der Waals surface area contributed by atoms with Gasteiger partial charge in [-0.15, -0.1) is 0 Å². The van der Waals surface area contributed by atoms with Crippen molar-refractivity contribution in [1.82, 2.24) is 0 Å². The van der Waals surface area contributed by atoms with Gasteiger partial charge in [0, 0.05) is 5.02 Å². The average molecular weight is 243 g/mol. The topological polar surface area (TPSA) is 0 Å². The first kappa shape index (κ1) is 10.9. The van der Waals surface area contributed by atoms with Crippen LogP contribution in [-0.2, 0) is 12.8 Å². The zero-order valence-electron chi connectivity index (χ0n) is 9.70. The highest BCUT2D eigenvalue weighted by atomic mass is 35.5. The zero-order chi connectivity index (χ0) is 11.7. The monoisotopic (exact) mass is 242 g/mol. The van der Waals surface area contributed by atoms with Crippen LogP contribution in [0.1, 0.15) is 29.0 Å². The van der Waals surface area contributed by atoms with Crippen LogP contribution >= 0.6 is 11.6 Å². The minimum atomic E-state index is 0.655. The molecule has 0 nitrogen and oxygen atoms in total. The van der Waals surface area contributed by atoms with Crippen LogP contribution in [0.15, 0.2) is 48.5 Å². The van der Waals surface area contributed by atoms with E-state index >= 15 is 0 Å². The Morgan fingerprint density at radius 2 is 1.59 bits per heavy atom. The molecule has 1 atom stereocenters. The molecule has 0 radical (unpaired) electrons. The molecule has 2 aromatic rings. The lowest BCUT2D eigenvalue weighted by molar-refractivity contribution is 0.585. The van der Waals surface area contributed by atoms with E-state index in [-0.39, 0.29) is 0 Å². The van der Waals surface area contributed by atoms with Crippen LogP contribution in [0.4, 0.5) is 0 Å². The van der Waals surface area contributed by atoms with E-state index in [0.717, 1.165) is 11.4 Å². The molecule has 0 spiro atoms. The van der Waals surface area contributed by atoms with E-state index in [1.54, 1.807) is 0 Å². The molecule has 0 N–H and O–H groups in total. The third-order valence-electron chi connectivity index (χ3n) is 3.69. The van der Waals surface area contributed by atoms with E-state index in [9.17, 15) is 0 Å². The second-order valence-corrected chi connectivity index (χ2v) is 5.20. The summed E-state index contributed by atoms with van der Waals surface area (Å²) in [6.45, 7) is 0. The molecule has 0 bridgehead atoms. The van der Waals surface area contributed by atoms with Gasteiger partial charge >= 0.3 is 0 Å². The Bertz CT molecular complexity index is 513. The highest BCUT2D eigenvalue weighted by Crippen LogP contribution is 2.32. The van der Waals surface area contributed by atoms with Gasteiger partial charge in [-0.05, 0) is 54.0 Å². The predicted octanol–water partition coefficient (Wildman–Crippen LogP) is 4.61. The van der Waals surface area contributed by atoms with Gasteiger partial charge in [-0.25, -0.2) is 0 Å². The summed E-state index contributed by atoms with van der Waals surface area (Å²) >= 11 is 5.93. The van der Waals surface area contributed by atoms with Gasteiger partial charge in [0.05, 0.1) is 0 Å². The number of hydrogen-bond donors (Lipinski definition) is 0. The molecule has 2 aromatic carbocycles. The maximum atomic E-state index is 5.93. The standard InChI is InChI=1S/C16H15Cl/c17-16-9-7-13(8-10-16)15-6-5-12-3-1-2-4-14(12)11-15/h1-4,7-10,15H,5-6,11H2. The lowest BCUT2D eigenvalue weighted by Crippen LogP contribution is -2.12. The lowest BCUT2D eigenvalue weighted by Gasteiger charge is -2.24. The van der Waals surface area contributed by atoms with Gasteiger partial charge in [-0.3, -0.25) is 0 Å². The molecule has 0 aromatic heterocycles. The summed E-state index contributed by atoms with van der Waals surface area (Å²) in [5.41, 5.74) is 4.46. The summed E-state index contributed by atoms with van der Waals surface area (Å²) in [6.07, 6.45) is 3.61. The summed E-state index contributed by atoms with van der Waals surface area (Å²) < 4.78 is 0. The average Bonchev–Trinajstić information content (AvgIpc) is 2.39. The number of aryl methyl sites for hydroxylation is 1. The SMILES string of the molecule is Clc1ccc(C2CCc3ccccc3C2)cc1. The van der Waals surface area contributed by atoms with E-state index in [1.165, 1.54) is 29.5 Å². The number of rotatable bonds is 1. The normalized spacial score (nSPS) is 18.8. The Morgan fingerprint density at radius 1 is 0.882 bits per heavy atom. The fourth-order valence-corrected chi connectivity index (χ4v) is 2.84. The van der Waals surface area contributed by atoms with Crippen LogP contribution in [0.3, 0.4) is 0 Å². The molecule has 1 heteroatoms. The molecule has 0 saturated carbocycles. The molecular weight excluding hydrogens is 228 g/mol. The van der Waals surface area contributed by atoms with Crippen molar-refractivity contribution in [1.29, 1.82) is 0 Å². The van der Waals surface area contributed by atoms with Crippen molar-refractivity contribution >= 4 is 11.6 Å². The Balaban J connectivity index is 1.86. The van der Waals surface area contributed by atoms with Gasteiger partial charge in [-0.1, -0.05) is 48.0 Å². The van der Waals surface area contributed by atoms with Gasteiger partial charge in [-0.2, -0.15) is 0 Å². The largest absolute Gasteiger partial charge is 0.0843 e. The van der Waals surface area contributed by atoms with Crippen molar-refractivity contribution in [2.24, 2.45) is 0 Å². The second-order valence-electron chi connectivity index (χ2n) is 4.76. The quantitative estimate of drug-likeness (QED) is 0.685. The molecule has 0 fully saturated rings. The van der Waals surface area contributed by atoms with Crippen molar-refractivity contribution in [3.05, 3.63) is 70.2 Å². The molecule has 1 unspecified atom stereocenters. The molecule has 0 heterocycles. The van der Waals surface area contributed by atoms with Gasteiger partial charge in [0.25, 0.3) is 0 Å². The first-order valence-electron chi connectivity index (χ1n) is 6.15. The highest BCUT2D eigenvalue weighted by Gasteiger charge is 2.19. The van der Waals surface area contributed by atoms with Crippen LogP contribution in [0, 0.1) is 0 Å². The van der Waals surface area contributed by atoms with Crippen LogP contribution in [0.25, 0.3) is 0 Å². The smallest absolute Gasteiger partial charge is 0.0406 e. The first-order valence-corrected chi connectivity index (χ1v) is 6.53. The number of benzene rings is 2. The fourth-order valence-electron chi connectivity index (χ4n) is 2.72. The van der Waals surface area contributed by atoms with Crippen LogP contribution in [0.5, 0.6) is 0 Å². The summed E-state index contributed by atoms with van der Waals surface area (Å²) in [5, 5.41) is 0.824. The zero-order valence-corrected chi connectivity index (χ0v) is 10.5. The molecule has 1 aliphatic carbocycles. The molecule has 0 amide bonds. The van der Waals surface area contributed by atoms with Gasteiger partial charge in [0.2, 0.25) is 0 Å². The number of halogens is 1. The van der Waals surface area contributed by atoms with Gasteiger partial charge in [0.1, 0.15) is 0 Å². The highest BCUT2D eigenvalue weighted by molar-refractivity contribution is 6.30. The van der Waals surface area contributed by atoms with Crippen LogP contribution in [0.2, 0.25) is 5.02 Å².